The summed E-state index contributed by atoms with van der Waals surface area (Å²) in [5.41, 5.74) is 0.497. The van der Waals surface area contributed by atoms with Crippen LogP contribution in [0.15, 0.2) is 29.6 Å². The van der Waals surface area contributed by atoms with Crippen LogP contribution in [-0.2, 0) is 0 Å². The largest absolute Gasteiger partial charge is 0.493 e. The van der Waals surface area contributed by atoms with E-state index in [1.165, 1.54) is 26.2 Å². The van der Waals surface area contributed by atoms with Gasteiger partial charge in [-0.25, -0.2) is 0 Å². The number of ether oxygens (including phenoxy) is 3. The molecule has 0 bridgehead atoms. The lowest BCUT2D eigenvalue weighted by Gasteiger charge is -2.14. The lowest BCUT2D eigenvalue weighted by atomic mass is 10.1. The maximum Gasteiger partial charge on any atom is 0.251 e. The first-order valence-corrected chi connectivity index (χ1v) is 8.20. The van der Waals surface area contributed by atoms with Crippen molar-refractivity contribution in [1.82, 2.24) is 5.32 Å². The zero-order valence-electron chi connectivity index (χ0n) is 13.3. The van der Waals surface area contributed by atoms with E-state index in [-0.39, 0.29) is 11.9 Å². The molecule has 23 heavy (non-hydrogen) atoms. The Morgan fingerprint density at radius 2 is 1.87 bits per heavy atom. The molecule has 0 radical (unpaired) electrons. The summed E-state index contributed by atoms with van der Waals surface area (Å²) in [6, 6.07) is 7.68. The van der Waals surface area contributed by atoms with E-state index in [1.807, 2.05) is 6.07 Å². The van der Waals surface area contributed by atoms with E-state index in [4.69, 9.17) is 14.2 Å². The first-order valence-electron chi connectivity index (χ1n) is 7.32. The number of carbonyl (C=O) groups excluding carboxylic acids is 1. The smallest absolute Gasteiger partial charge is 0.251 e. The van der Waals surface area contributed by atoms with E-state index >= 15 is 0 Å². The van der Waals surface area contributed by atoms with Crippen molar-refractivity contribution < 1.29 is 19.0 Å². The summed E-state index contributed by atoms with van der Waals surface area (Å²) in [4.78, 5) is 13.8. The lowest BCUT2D eigenvalue weighted by molar-refractivity contribution is 0.0949. The third-order valence-electron chi connectivity index (χ3n) is 3.94. The fourth-order valence-corrected chi connectivity index (χ4v) is 3.54. The van der Waals surface area contributed by atoms with Gasteiger partial charge in [-0.15, -0.1) is 11.3 Å². The van der Waals surface area contributed by atoms with Crippen LogP contribution in [0.1, 0.15) is 27.6 Å². The normalized spacial score (nSPS) is 19.1. The summed E-state index contributed by atoms with van der Waals surface area (Å²) >= 11 is 1.73. The number of methoxy groups -OCH3 is 3. The fraction of sp³-hybridized carbons (Fsp3) is 0.353. The molecule has 1 aliphatic rings. The second-order valence-electron chi connectivity index (χ2n) is 5.35. The van der Waals surface area contributed by atoms with Gasteiger partial charge < -0.3 is 19.5 Å². The minimum atomic E-state index is -0.131. The average Bonchev–Trinajstić information content (AvgIpc) is 3.12. The number of carbonyl (C=O) groups is 1. The number of thiophene rings is 1. The van der Waals surface area contributed by atoms with E-state index in [0.717, 1.165) is 6.42 Å². The molecule has 2 atom stereocenters. The second-order valence-corrected chi connectivity index (χ2v) is 6.33. The molecular formula is C17H19NO4S. The molecular weight excluding hydrogens is 314 g/mol. The maximum atomic E-state index is 12.5. The first kappa shape index (κ1) is 15.7. The monoisotopic (exact) mass is 333 g/mol. The van der Waals surface area contributed by atoms with Crippen LogP contribution in [0.5, 0.6) is 17.2 Å². The molecule has 1 fully saturated rings. The van der Waals surface area contributed by atoms with Crippen molar-refractivity contribution in [1.29, 1.82) is 0 Å². The molecule has 5 nitrogen and oxygen atoms in total. The van der Waals surface area contributed by atoms with Crippen LogP contribution in [-0.4, -0.2) is 33.3 Å². The quantitative estimate of drug-likeness (QED) is 0.883. The van der Waals surface area contributed by atoms with Gasteiger partial charge in [-0.2, -0.15) is 0 Å². The highest BCUT2D eigenvalue weighted by Gasteiger charge is 2.40. The predicted molar refractivity (Wildman–Crippen MR) is 89.0 cm³/mol. The number of rotatable bonds is 6. The third-order valence-corrected chi connectivity index (χ3v) is 4.95. The Labute approximate surface area is 139 Å². The molecule has 122 valence electrons. The van der Waals surface area contributed by atoms with Crippen LogP contribution in [0.2, 0.25) is 0 Å². The van der Waals surface area contributed by atoms with E-state index in [0.29, 0.717) is 28.7 Å². The van der Waals surface area contributed by atoms with Gasteiger partial charge in [-0.3, -0.25) is 4.79 Å². The summed E-state index contributed by atoms with van der Waals surface area (Å²) in [6.07, 6.45) is 0.983. The Balaban J connectivity index is 1.75. The highest BCUT2D eigenvalue weighted by atomic mass is 32.1. The zero-order valence-corrected chi connectivity index (χ0v) is 14.1. The lowest BCUT2D eigenvalue weighted by Crippen LogP contribution is -2.26. The van der Waals surface area contributed by atoms with Crippen LogP contribution >= 0.6 is 11.3 Å². The second kappa shape index (κ2) is 6.50. The standard InChI is InChI=1S/C17H19NO4S/c1-20-13-7-10(8-14(21-2)16(13)22-3)17(19)18-12-9-11(12)15-5-4-6-23-15/h4-8,11-12H,9H2,1-3H3,(H,18,19). The van der Waals surface area contributed by atoms with Crippen molar-refractivity contribution in [2.45, 2.75) is 18.4 Å². The Morgan fingerprint density at radius 1 is 1.17 bits per heavy atom. The van der Waals surface area contributed by atoms with Crippen LogP contribution < -0.4 is 19.5 Å². The highest BCUT2D eigenvalue weighted by Crippen LogP contribution is 2.43. The van der Waals surface area contributed by atoms with Gasteiger partial charge in [-0.05, 0) is 30.0 Å². The van der Waals surface area contributed by atoms with Crippen LogP contribution in [0, 0.1) is 0 Å². The van der Waals surface area contributed by atoms with Gasteiger partial charge in [0.05, 0.1) is 21.3 Å². The van der Waals surface area contributed by atoms with Crippen molar-refractivity contribution in [2.75, 3.05) is 21.3 Å². The third kappa shape index (κ3) is 3.12. The van der Waals surface area contributed by atoms with Crippen LogP contribution in [0.3, 0.4) is 0 Å². The molecule has 1 aliphatic carbocycles. The van der Waals surface area contributed by atoms with Crippen molar-refractivity contribution in [2.24, 2.45) is 0 Å². The van der Waals surface area contributed by atoms with Gasteiger partial charge >= 0.3 is 0 Å². The predicted octanol–water partition coefficient (Wildman–Crippen LogP) is 3.06. The summed E-state index contributed by atoms with van der Waals surface area (Å²) in [6.45, 7) is 0. The Bertz CT molecular complexity index is 674. The molecule has 1 aromatic heterocycles. The average molecular weight is 333 g/mol. The van der Waals surface area contributed by atoms with Gasteiger partial charge in [0.2, 0.25) is 5.75 Å². The molecule has 0 aliphatic heterocycles. The van der Waals surface area contributed by atoms with Gasteiger partial charge in [0.15, 0.2) is 11.5 Å². The molecule has 2 unspecified atom stereocenters. The first-order chi connectivity index (χ1) is 11.2. The van der Waals surface area contributed by atoms with E-state index in [9.17, 15) is 4.79 Å². The minimum Gasteiger partial charge on any atom is -0.493 e. The Hall–Kier alpha value is -2.21. The molecule has 0 saturated heterocycles. The van der Waals surface area contributed by atoms with Crippen molar-refractivity contribution in [3.63, 3.8) is 0 Å². The van der Waals surface area contributed by atoms with Crippen molar-refractivity contribution >= 4 is 17.2 Å². The molecule has 6 heteroatoms. The minimum absolute atomic E-state index is 0.131. The highest BCUT2D eigenvalue weighted by molar-refractivity contribution is 7.10. The fourth-order valence-electron chi connectivity index (χ4n) is 2.64. The molecule has 1 heterocycles. The Morgan fingerprint density at radius 3 is 2.39 bits per heavy atom. The number of amides is 1. The van der Waals surface area contributed by atoms with E-state index in [1.54, 1.807) is 23.5 Å². The molecule has 1 saturated carbocycles. The summed E-state index contributed by atoms with van der Waals surface area (Å²) in [5, 5.41) is 5.13. The maximum absolute atomic E-state index is 12.5. The van der Waals surface area contributed by atoms with Gasteiger partial charge in [0.1, 0.15) is 0 Å². The number of nitrogens with one attached hydrogen (secondary N) is 1. The van der Waals surface area contributed by atoms with Crippen molar-refractivity contribution in [3.05, 3.63) is 40.1 Å². The summed E-state index contributed by atoms with van der Waals surface area (Å²) in [5.74, 6) is 1.73. The molecule has 1 N–H and O–H groups in total. The van der Waals surface area contributed by atoms with E-state index in [2.05, 4.69) is 16.8 Å². The van der Waals surface area contributed by atoms with Crippen molar-refractivity contribution in [3.8, 4) is 17.2 Å². The summed E-state index contributed by atoms with van der Waals surface area (Å²) in [7, 11) is 4.61. The van der Waals surface area contributed by atoms with E-state index < -0.39 is 0 Å². The Kier molecular flexibility index (Phi) is 4.43. The van der Waals surface area contributed by atoms with Crippen LogP contribution in [0.25, 0.3) is 0 Å². The topological polar surface area (TPSA) is 56.8 Å². The molecule has 2 aromatic rings. The number of benzene rings is 1. The molecule has 3 rings (SSSR count). The van der Waals surface area contributed by atoms with Gasteiger partial charge in [0, 0.05) is 22.4 Å². The van der Waals surface area contributed by atoms with Gasteiger partial charge in [-0.1, -0.05) is 6.07 Å². The zero-order chi connectivity index (χ0) is 16.4. The molecule has 1 amide bonds. The molecule has 0 spiro atoms. The van der Waals surface area contributed by atoms with Gasteiger partial charge in [0.25, 0.3) is 5.91 Å². The number of hydrogen-bond acceptors (Lipinski definition) is 5. The number of hydrogen-bond donors (Lipinski definition) is 1. The SMILES string of the molecule is COc1cc(C(=O)NC2CC2c2cccs2)cc(OC)c1OC. The van der Waals surface area contributed by atoms with Crippen LogP contribution in [0.4, 0.5) is 0 Å². The molecule has 1 aromatic carbocycles. The summed E-state index contributed by atoms with van der Waals surface area (Å²) < 4.78 is 15.8.